The predicted octanol–water partition coefficient (Wildman–Crippen LogP) is 4.75. The molecule has 0 unspecified atom stereocenters. The van der Waals surface area contributed by atoms with Crippen LogP contribution < -0.4 is 10.1 Å². The summed E-state index contributed by atoms with van der Waals surface area (Å²) in [5, 5.41) is 3.51. The summed E-state index contributed by atoms with van der Waals surface area (Å²) in [4.78, 5) is 27.3. The van der Waals surface area contributed by atoms with Crippen LogP contribution in [0, 0.1) is 6.92 Å². The minimum Gasteiger partial charge on any atom is -0.494 e. The van der Waals surface area contributed by atoms with Gasteiger partial charge in [0.2, 0.25) is 11.8 Å². The minimum atomic E-state index is -0.491. The number of benzene rings is 2. The summed E-state index contributed by atoms with van der Waals surface area (Å²) in [5.74, 6) is 0.560. The van der Waals surface area contributed by atoms with Crippen LogP contribution in [0.3, 0.4) is 0 Å². The number of carbonyl (C=O) groups is 2. The van der Waals surface area contributed by atoms with E-state index in [0.29, 0.717) is 44.0 Å². The molecular weight excluding hydrogens is 400 g/mol. The van der Waals surface area contributed by atoms with Crippen molar-refractivity contribution in [2.75, 3.05) is 13.2 Å². The SMILES string of the molecule is CCNC(=O)[C@H](CC)N(Cc1cccc(C)c1)C(=O)CCCOc1ccc(Cl)cc1. The number of likely N-dealkylation sites (N-methyl/N-ethyl adjacent to an activating group) is 1. The summed E-state index contributed by atoms with van der Waals surface area (Å²) in [7, 11) is 0. The molecule has 0 fully saturated rings. The highest BCUT2D eigenvalue weighted by atomic mass is 35.5. The quantitative estimate of drug-likeness (QED) is 0.523. The van der Waals surface area contributed by atoms with E-state index < -0.39 is 6.04 Å². The first-order chi connectivity index (χ1) is 14.4. The number of nitrogens with one attached hydrogen (secondary N) is 1. The predicted molar refractivity (Wildman–Crippen MR) is 121 cm³/mol. The molecule has 2 aromatic rings. The molecule has 162 valence electrons. The lowest BCUT2D eigenvalue weighted by Gasteiger charge is -2.30. The second-order valence-electron chi connectivity index (χ2n) is 7.24. The molecule has 0 spiro atoms. The normalized spacial score (nSPS) is 11.6. The fraction of sp³-hybridized carbons (Fsp3) is 0.417. The molecule has 2 amide bonds. The van der Waals surface area contributed by atoms with Crippen LogP contribution in [0.2, 0.25) is 5.02 Å². The van der Waals surface area contributed by atoms with Crippen molar-refractivity contribution in [3.63, 3.8) is 0 Å². The van der Waals surface area contributed by atoms with Crippen molar-refractivity contribution < 1.29 is 14.3 Å². The van der Waals surface area contributed by atoms with E-state index in [2.05, 4.69) is 5.32 Å². The highest BCUT2D eigenvalue weighted by Crippen LogP contribution is 2.17. The Balaban J connectivity index is 2.02. The Morgan fingerprint density at radius 3 is 2.50 bits per heavy atom. The molecule has 2 rings (SSSR count). The van der Waals surface area contributed by atoms with Crippen molar-refractivity contribution in [3.05, 3.63) is 64.7 Å². The van der Waals surface area contributed by atoms with Crippen LogP contribution in [0.5, 0.6) is 5.75 Å². The molecule has 0 aromatic heterocycles. The van der Waals surface area contributed by atoms with Crippen LogP contribution in [-0.2, 0) is 16.1 Å². The average molecular weight is 431 g/mol. The van der Waals surface area contributed by atoms with Crippen molar-refractivity contribution in [1.29, 1.82) is 0 Å². The number of carbonyl (C=O) groups excluding carboxylic acids is 2. The van der Waals surface area contributed by atoms with Gasteiger partial charge in [-0.15, -0.1) is 0 Å². The van der Waals surface area contributed by atoms with Gasteiger partial charge in [-0.1, -0.05) is 48.4 Å². The molecule has 0 saturated heterocycles. The van der Waals surface area contributed by atoms with Gasteiger partial charge in [0.15, 0.2) is 0 Å². The van der Waals surface area contributed by atoms with Crippen molar-refractivity contribution >= 4 is 23.4 Å². The van der Waals surface area contributed by atoms with E-state index in [9.17, 15) is 9.59 Å². The lowest BCUT2D eigenvalue weighted by molar-refractivity contribution is -0.141. The van der Waals surface area contributed by atoms with E-state index in [1.54, 1.807) is 29.2 Å². The van der Waals surface area contributed by atoms with Gasteiger partial charge >= 0.3 is 0 Å². The Kier molecular flexibility index (Phi) is 9.68. The van der Waals surface area contributed by atoms with Crippen LogP contribution in [0.25, 0.3) is 0 Å². The Labute approximate surface area is 184 Å². The maximum Gasteiger partial charge on any atom is 0.242 e. The highest BCUT2D eigenvalue weighted by Gasteiger charge is 2.28. The molecule has 30 heavy (non-hydrogen) atoms. The second-order valence-corrected chi connectivity index (χ2v) is 7.67. The van der Waals surface area contributed by atoms with E-state index in [1.165, 1.54) is 0 Å². The molecule has 0 bridgehead atoms. The van der Waals surface area contributed by atoms with Crippen LogP contribution in [-0.4, -0.2) is 35.9 Å². The first kappa shape index (κ1) is 23.7. The Morgan fingerprint density at radius 2 is 1.87 bits per heavy atom. The van der Waals surface area contributed by atoms with Gasteiger partial charge in [0.1, 0.15) is 11.8 Å². The zero-order chi connectivity index (χ0) is 21.9. The molecule has 5 nitrogen and oxygen atoms in total. The second kappa shape index (κ2) is 12.2. The lowest BCUT2D eigenvalue weighted by atomic mass is 10.1. The molecule has 0 heterocycles. The van der Waals surface area contributed by atoms with E-state index in [-0.39, 0.29) is 11.8 Å². The third-order valence-electron chi connectivity index (χ3n) is 4.79. The number of hydrogen-bond acceptors (Lipinski definition) is 3. The van der Waals surface area contributed by atoms with Crippen molar-refractivity contribution in [3.8, 4) is 5.75 Å². The number of hydrogen-bond donors (Lipinski definition) is 1. The van der Waals surface area contributed by atoms with Gasteiger partial charge in [-0.05, 0) is 56.5 Å². The van der Waals surface area contributed by atoms with Crippen LogP contribution in [0.1, 0.15) is 44.2 Å². The van der Waals surface area contributed by atoms with Gasteiger partial charge < -0.3 is 15.0 Å². The number of ether oxygens (including phenoxy) is 1. The summed E-state index contributed by atoms with van der Waals surface area (Å²) in [6, 6.07) is 14.7. The third kappa shape index (κ3) is 7.38. The molecule has 0 aliphatic rings. The summed E-state index contributed by atoms with van der Waals surface area (Å²) >= 11 is 5.88. The molecule has 2 aromatic carbocycles. The zero-order valence-electron chi connectivity index (χ0n) is 18.0. The number of halogens is 1. The lowest BCUT2D eigenvalue weighted by Crippen LogP contribution is -2.49. The average Bonchev–Trinajstić information content (AvgIpc) is 2.72. The van der Waals surface area contributed by atoms with Gasteiger partial charge in [0.25, 0.3) is 0 Å². The molecule has 1 N–H and O–H groups in total. The van der Waals surface area contributed by atoms with Crippen molar-refractivity contribution in [1.82, 2.24) is 10.2 Å². The van der Waals surface area contributed by atoms with E-state index in [0.717, 1.165) is 16.9 Å². The monoisotopic (exact) mass is 430 g/mol. The maximum atomic E-state index is 13.1. The van der Waals surface area contributed by atoms with Gasteiger partial charge in [0, 0.05) is 24.5 Å². The van der Waals surface area contributed by atoms with E-state index in [1.807, 2.05) is 45.0 Å². The summed E-state index contributed by atoms with van der Waals surface area (Å²) in [6.07, 6.45) is 1.44. The number of nitrogens with zero attached hydrogens (tertiary/aromatic N) is 1. The van der Waals surface area contributed by atoms with E-state index >= 15 is 0 Å². The van der Waals surface area contributed by atoms with Gasteiger partial charge in [-0.25, -0.2) is 0 Å². The molecule has 0 saturated carbocycles. The summed E-state index contributed by atoms with van der Waals surface area (Å²) in [5.41, 5.74) is 2.14. The smallest absolute Gasteiger partial charge is 0.242 e. The van der Waals surface area contributed by atoms with Crippen LogP contribution in [0.15, 0.2) is 48.5 Å². The Bertz CT molecular complexity index is 823. The third-order valence-corrected chi connectivity index (χ3v) is 5.04. The fourth-order valence-electron chi connectivity index (χ4n) is 3.31. The largest absolute Gasteiger partial charge is 0.494 e. The first-order valence-electron chi connectivity index (χ1n) is 10.5. The Morgan fingerprint density at radius 1 is 1.13 bits per heavy atom. The molecular formula is C24H31ClN2O3. The van der Waals surface area contributed by atoms with Crippen LogP contribution >= 0.6 is 11.6 Å². The Hall–Kier alpha value is -2.53. The van der Waals surface area contributed by atoms with Crippen LogP contribution in [0.4, 0.5) is 0 Å². The van der Waals surface area contributed by atoms with Gasteiger partial charge in [0.05, 0.1) is 6.61 Å². The number of amides is 2. The zero-order valence-corrected chi connectivity index (χ0v) is 18.7. The minimum absolute atomic E-state index is 0.0469. The molecule has 0 radical (unpaired) electrons. The number of aryl methyl sites for hydroxylation is 1. The molecule has 1 atom stereocenters. The molecule has 0 aliphatic carbocycles. The van der Waals surface area contributed by atoms with Gasteiger partial charge in [-0.2, -0.15) is 0 Å². The van der Waals surface area contributed by atoms with E-state index in [4.69, 9.17) is 16.3 Å². The highest BCUT2D eigenvalue weighted by molar-refractivity contribution is 6.30. The first-order valence-corrected chi connectivity index (χ1v) is 10.8. The summed E-state index contributed by atoms with van der Waals surface area (Å²) < 4.78 is 5.69. The maximum absolute atomic E-state index is 13.1. The van der Waals surface area contributed by atoms with Crippen molar-refractivity contribution in [2.24, 2.45) is 0 Å². The van der Waals surface area contributed by atoms with Crippen molar-refractivity contribution in [2.45, 2.75) is 52.6 Å². The molecule has 6 heteroatoms. The number of rotatable bonds is 11. The van der Waals surface area contributed by atoms with Gasteiger partial charge in [-0.3, -0.25) is 9.59 Å². The molecule has 0 aliphatic heterocycles. The summed E-state index contributed by atoms with van der Waals surface area (Å²) in [6.45, 7) is 7.20. The topological polar surface area (TPSA) is 58.6 Å². The standard InChI is InChI=1S/C24H31ClN2O3/c1-4-22(24(29)26-5-2)27(17-19-9-6-8-18(3)16-19)23(28)10-7-15-30-21-13-11-20(25)12-14-21/h6,8-9,11-14,16,22H,4-5,7,10,15,17H2,1-3H3,(H,26,29)/t22-/m0/s1. The fourth-order valence-corrected chi connectivity index (χ4v) is 3.43.